The van der Waals surface area contributed by atoms with E-state index < -0.39 is 0 Å². The predicted octanol–water partition coefficient (Wildman–Crippen LogP) is -0.747. The summed E-state index contributed by atoms with van der Waals surface area (Å²) >= 11 is 0. The number of primary amides is 1. The molecule has 0 aliphatic rings. The largest absolute Gasteiger partial charge is 0.369 e. The van der Waals surface area contributed by atoms with Gasteiger partial charge < -0.3 is 5.73 Å². The molecule has 1 aromatic heterocycles. The molecule has 1 amide bonds. The molecule has 76 valence electrons. The van der Waals surface area contributed by atoms with Crippen LogP contribution in [-0.4, -0.2) is 21.1 Å². The first-order valence-electron chi connectivity index (χ1n) is 4.80. The van der Waals surface area contributed by atoms with Crippen molar-refractivity contribution in [2.45, 2.75) is 6.42 Å². The molecule has 4 heteroatoms. The molecule has 2 aromatic rings. The first-order valence-corrected chi connectivity index (χ1v) is 5.80. The van der Waals surface area contributed by atoms with Crippen molar-refractivity contribution in [2.75, 3.05) is 0 Å². The molecule has 15 heavy (non-hydrogen) atoms. The Hall–Kier alpha value is -1.68. The van der Waals surface area contributed by atoms with Crippen molar-refractivity contribution in [1.29, 1.82) is 0 Å². The molecule has 0 saturated heterocycles. The van der Waals surface area contributed by atoms with Crippen molar-refractivity contribution in [3.8, 4) is 0 Å². The van der Waals surface area contributed by atoms with Crippen molar-refractivity contribution in [3.05, 3.63) is 35.9 Å². The Bertz CT molecular complexity index is 525. The second kappa shape index (κ2) is 3.82. The fraction of sp³-hybridized carbons (Fsp3) is 0.0909. The van der Waals surface area contributed by atoms with Crippen LogP contribution < -0.4 is 11.1 Å². The molecule has 2 N–H and O–H groups in total. The fourth-order valence-corrected chi connectivity index (χ4v) is 2.32. The van der Waals surface area contributed by atoms with Crippen LogP contribution in [0.1, 0.15) is 5.56 Å². The highest BCUT2D eigenvalue weighted by molar-refractivity contribution is 6.31. The van der Waals surface area contributed by atoms with Crippen molar-refractivity contribution < 1.29 is 4.79 Å². The Labute approximate surface area is 90.7 Å². The molecule has 0 radical (unpaired) electrons. The van der Waals surface area contributed by atoms with E-state index in [1.165, 1.54) is 0 Å². The van der Waals surface area contributed by atoms with Crippen LogP contribution in [0.15, 0.2) is 30.3 Å². The number of aromatic nitrogens is 1. The van der Waals surface area contributed by atoms with Crippen LogP contribution in [0, 0.1) is 0 Å². The fourth-order valence-electron chi connectivity index (χ4n) is 1.73. The normalized spacial score (nSPS) is 10.7. The van der Waals surface area contributed by atoms with Gasteiger partial charge in [0.05, 0.1) is 22.2 Å². The number of carbonyl (C=O) groups is 1. The second-order valence-electron chi connectivity index (χ2n) is 3.58. The highest BCUT2D eigenvalue weighted by Crippen LogP contribution is 2.15. The maximum Gasteiger partial charge on any atom is 0.221 e. The van der Waals surface area contributed by atoms with E-state index in [1.54, 1.807) is 0 Å². The van der Waals surface area contributed by atoms with Crippen molar-refractivity contribution >= 4 is 32.4 Å². The molecule has 0 saturated carbocycles. The Balaban J connectivity index is 2.65. The maximum absolute atomic E-state index is 10.9. The third kappa shape index (κ3) is 2.05. The van der Waals surface area contributed by atoms with Gasteiger partial charge in [0.2, 0.25) is 5.91 Å². The van der Waals surface area contributed by atoms with Crippen LogP contribution in [-0.2, 0) is 11.2 Å². The van der Waals surface area contributed by atoms with E-state index in [9.17, 15) is 4.79 Å². The van der Waals surface area contributed by atoms with Crippen LogP contribution in [0.4, 0.5) is 0 Å². The van der Waals surface area contributed by atoms with Crippen LogP contribution in [0.2, 0.25) is 0 Å². The third-order valence-electron chi connectivity index (χ3n) is 2.29. The number of hydrogen-bond donors (Lipinski definition) is 1. The van der Waals surface area contributed by atoms with Crippen LogP contribution in [0.3, 0.4) is 0 Å². The number of amides is 1. The maximum atomic E-state index is 10.9. The monoisotopic (exact) mass is 216 g/mol. The zero-order chi connectivity index (χ0) is 10.8. The van der Waals surface area contributed by atoms with Gasteiger partial charge in [0.1, 0.15) is 0 Å². The molecular formula is C11H12N2OSi. The van der Waals surface area contributed by atoms with E-state index in [1.807, 2.05) is 30.3 Å². The summed E-state index contributed by atoms with van der Waals surface area (Å²) in [5.41, 5.74) is 7.15. The molecule has 0 fully saturated rings. The lowest BCUT2D eigenvalue weighted by molar-refractivity contribution is -0.117. The van der Waals surface area contributed by atoms with Gasteiger partial charge in [-0.25, -0.2) is 0 Å². The first kappa shape index (κ1) is 9.86. The highest BCUT2D eigenvalue weighted by Gasteiger charge is 2.05. The zero-order valence-corrected chi connectivity index (χ0v) is 10.5. The minimum Gasteiger partial charge on any atom is -0.369 e. The lowest BCUT2D eigenvalue weighted by Crippen LogP contribution is -2.17. The number of rotatable bonds is 2. The van der Waals surface area contributed by atoms with Gasteiger partial charge >= 0.3 is 0 Å². The Kier molecular flexibility index (Phi) is 2.51. The summed E-state index contributed by atoms with van der Waals surface area (Å²) in [6.07, 6.45) is 0.290. The molecule has 3 nitrogen and oxygen atoms in total. The smallest absolute Gasteiger partial charge is 0.221 e. The summed E-state index contributed by atoms with van der Waals surface area (Å²) < 4.78 is 0. The van der Waals surface area contributed by atoms with Crippen LogP contribution >= 0.6 is 0 Å². The molecule has 1 heterocycles. The number of benzene rings is 1. The second-order valence-corrected chi connectivity index (χ2v) is 4.61. The number of hydrogen-bond acceptors (Lipinski definition) is 2. The lowest BCUT2D eigenvalue weighted by atomic mass is 10.1. The van der Waals surface area contributed by atoms with Gasteiger partial charge in [-0.3, -0.25) is 9.78 Å². The first-order chi connectivity index (χ1) is 7.16. The Morgan fingerprint density at radius 2 is 2.13 bits per heavy atom. The minimum atomic E-state index is -0.299. The summed E-state index contributed by atoms with van der Waals surface area (Å²) in [7, 11) is 0.879. The van der Waals surface area contributed by atoms with Crippen LogP contribution in [0.25, 0.3) is 10.9 Å². The molecule has 2 rings (SSSR count). The van der Waals surface area contributed by atoms with Crippen molar-refractivity contribution in [2.24, 2.45) is 5.73 Å². The summed E-state index contributed by atoms with van der Waals surface area (Å²) in [5.74, 6) is -0.299. The molecule has 0 aliphatic heterocycles. The number of fused-ring (bicyclic) bond motifs is 1. The lowest BCUT2D eigenvalue weighted by Gasteiger charge is -2.05. The van der Waals surface area contributed by atoms with Crippen molar-refractivity contribution in [3.63, 3.8) is 0 Å². The van der Waals surface area contributed by atoms with E-state index in [2.05, 4.69) is 4.98 Å². The average Bonchev–Trinajstić information content (AvgIpc) is 2.16. The third-order valence-corrected chi connectivity index (χ3v) is 2.81. The zero-order valence-electron chi connectivity index (χ0n) is 8.53. The van der Waals surface area contributed by atoms with E-state index in [0.717, 1.165) is 32.0 Å². The Morgan fingerprint density at radius 3 is 2.87 bits per heavy atom. The highest BCUT2D eigenvalue weighted by atomic mass is 28.1. The topological polar surface area (TPSA) is 56.0 Å². The Morgan fingerprint density at radius 1 is 1.40 bits per heavy atom. The standard InChI is InChI=1S/C11H12N2OSi/c12-10(14)5-7-6-11(15)13-9-4-2-1-3-8(7)9/h1-4,6H,5H2,15H3,(H2,12,14). The summed E-state index contributed by atoms with van der Waals surface area (Å²) in [6.45, 7) is 0. The number of carbonyl (C=O) groups excluding carboxylic acids is 1. The number of nitrogens with zero attached hydrogens (tertiary/aromatic N) is 1. The summed E-state index contributed by atoms with van der Waals surface area (Å²) in [4.78, 5) is 15.4. The molecule has 0 unspecified atom stereocenters. The van der Waals surface area contributed by atoms with Gasteiger partial charge in [0, 0.05) is 10.7 Å². The number of pyridine rings is 1. The number of para-hydroxylation sites is 1. The molecule has 0 atom stereocenters. The van der Waals surface area contributed by atoms with Crippen molar-refractivity contribution in [1.82, 2.24) is 4.98 Å². The van der Waals surface area contributed by atoms with Gasteiger partial charge in [-0.15, -0.1) is 0 Å². The van der Waals surface area contributed by atoms with E-state index in [0.29, 0.717) is 0 Å². The predicted molar refractivity (Wildman–Crippen MR) is 64.2 cm³/mol. The van der Waals surface area contributed by atoms with Gasteiger partial charge in [0.25, 0.3) is 0 Å². The quantitative estimate of drug-likeness (QED) is 0.672. The minimum absolute atomic E-state index is 0.290. The molecule has 0 bridgehead atoms. The van der Waals surface area contributed by atoms with Gasteiger partial charge in [-0.1, -0.05) is 18.2 Å². The molecule has 0 spiro atoms. The van der Waals surface area contributed by atoms with E-state index in [4.69, 9.17) is 5.73 Å². The molecular weight excluding hydrogens is 204 g/mol. The van der Waals surface area contributed by atoms with Crippen LogP contribution in [0.5, 0.6) is 0 Å². The SMILES string of the molecule is NC(=O)Cc1cc([SiH3])nc2ccccc12. The van der Waals surface area contributed by atoms with Gasteiger partial charge in [0.15, 0.2) is 0 Å². The average molecular weight is 216 g/mol. The van der Waals surface area contributed by atoms with E-state index >= 15 is 0 Å². The van der Waals surface area contributed by atoms with Gasteiger partial charge in [-0.2, -0.15) is 0 Å². The van der Waals surface area contributed by atoms with Gasteiger partial charge in [-0.05, 0) is 17.7 Å². The summed E-state index contributed by atoms with van der Waals surface area (Å²) in [6, 6.07) is 9.80. The number of nitrogens with two attached hydrogens (primary N) is 1. The summed E-state index contributed by atoms with van der Waals surface area (Å²) in [5, 5.41) is 2.07. The molecule has 1 aromatic carbocycles. The molecule has 0 aliphatic carbocycles. The van der Waals surface area contributed by atoms with E-state index in [-0.39, 0.29) is 12.3 Å².